The molecule has 8 rings (SSSR count). The molecule has 4 amide bonds. The highest BCUT2D eigenvalue weighted by Gasteiger charge is 2.45. The molecule has 0 spiro atoms. The number of benzene rings is 3. The standard InChI is InChI=1S/C38H34N8O6/c1-38(2,23-5-10-27(11-6-23)52-34-21-39-20-32(43-34)46-40-15-16-41-46)22-3-8-26(9-4-22)51-28-17-25(18-28)42-24-7-12-29-30(19-24)37(50)45(36(29)49)31-13-14-33(47)44-35(31)48/h3-12,15-16,19-21,25,28,31,42H,13-14,17-18H2,1-2H3,(H,44,47,48). The average Bonchev–Trinajstić information content (AvgIpc) is 3.75. The van der Waals surface area contributed by atoms with Gasteiger partial charge in [-0.15, -0.1) is 4.80 Å². The largest absolute Gasteiger partial charge is 0.490 e. The number of carbonyl (C=O) groups excluding carboxylic acids is 4. The van der Waals surface area contributed by atoms with Crippen molar-refractivity contribution in [2.45, 2.75) is 63.1 Å². The van der Waals surface area contributed by atoms with Gasteiger partial charge in [0.15, 0.2) is 5.82 Å². The van der Waals surface area contributed by atoms with E-state index in [9.17, 15) is 19.2 Å². The van der Waals surface area contributed by atoms with Crippen molar-refractivity contribution < 1.29 is 28.7 Å². The topological polar surface area (TPSA) is 171 Å². The molecule has 1 saturated heterocycles. The van der Waals surface area contributed by atoms with Crippen molar-refractivity contribution in [2.24, 2.45) is 0 Å². The van der Waals surface area contributed by atoms with Crippen LogP contribution >= 0.6 is 0 Å². The Kier molecular flexibility index (Phi) is 8.20. The van der Waals surface area contributed by atoms with Crippen molar-refractivity contribution in [1.82, 2.24) is 35.2 Å². The highest BCUT2D eigenvalue weighted by molar-refractivity contribution is 6.23. The van der Waals surface area contributed by atoms with Crippen molar-refractivity contribution in [2.75, 3.05) is 5.32 Å². The van der Waals surface area contributed by atoms with Crippen LogP contribution in [0.1, 0.15) is 71.4 Å². The molecule has 1 saturated carbocycles. The number of carbonyl (C=O) groups is 4. The van der Waals surface area contributed by atoms with Crippen LogP contribution in [0.3, 0.4) is 0 Å². The molecule has 1 aliphatic carbocycles. The maximum absolute atomic E-state index is 13.2. The molecular weight excluding hydrogens is 664 g/mol. The first kappa shape index (κ1) is 32.7. The number of ether oxygens (including phenoxy) is 2. The van der Waals surface area contributed by atoms with Crippen molar-refractivity contribution >= 4 is 29.3 Å². The summed E-state index contributed by atoms with van der Waals surface area (Å²) < 4.78 is 12.2. The number of amides is 4. The zero-order chi connectivity index (χ0) is 36.0. The maximum Gasteiger partial charge on any atom is 0.262 e. The van der Waals surface area contributed by atoms with E-state index < -0.39 is 29.7 Å². The number of fused-ring (bicyclic) bond motifs is 1. The summed E-state index contributed by atoms with van der Waals surface area (Å²) in [5, 5.41) is 13.8. The Hall–Kier alpha value is -6.44. The monoisotopic (exact) mass is 698 g/mol. The Bertz CT molecular complexity index is 2180. The predicted molar refractivity (Wildman–Crippen MR) is 186 cm³/mol. The maximum atomic E-state index is 13.2. The third-order valence-electron chi connectivity index (χ3n) is 9.81. The molecule has 1 unspecified atom stereocenters. The van der Waals surface area contributed by atoms with Crippen LogP contribution in [-0.4, -0.2) is 71.7 Å². The van der Waals surface area contributed by atoms with Crippen LogP contribution in [0.2, 0.25) is 0 Å². The van der Waals surface area contributed by atoms with E-state index in [1.54, 1.807) is 36.8 Å². The predicted octanol–water partition coefficient (Wildman–Crippen LogP) is 4.60. The molecule has 1 atom stereocenters. The minimum Gasteiger partial charge on any atom is -0.490 e. The summed E-state index contributed by atoms with van der Waals surface area (Å²) in [6.07, 6.45) is 8.00. The van der Waals surface area contributed by atoms with Crippen LogP contribution in [-0.2, 0) is 15.0 Å². The Morgan fingerprint density at radius 1 is 0.827 bits per heavy atom. The molecular formula is C38H34N8O6. The van der Waals surface area contributed by atoms with Gasteiger partial charge in [-0.3, -0.25) is 34.4 Å². The molecule has 2 aliphatic heterocycles. The molecule has 52 heavy (non-hydrogen) atoms. The Morgan fingerprint density at radius 3 is 2.19 bits per heavy atom. The lowest BCUT2D eigenvalue weighted by Gasteiger charge is -2.36. The van der Waals surface area contributed by atoms with Gasteiger partial charge in [-0.25, -0.2) is 0 Å². The SMILES string of the molecule is CC(C)(c1ccc(Oc2cncc(-n3nccn3)n2)cc1)c1ccc(OC2CC(Nc3ccc4c(c3)C(=O)N(C3CCC(=O)NC3=O)C4=O)C2)cc1. The number of hydrogen-bond acceptors (Lipinski definition) is 11. The van der Waals surface area contributed by atoms with E-state index in [-0.39, 0.29) is 41.5 Å². The summed E-state index contributed by atoms with van der Waals surface area (Å²) in [5.74, 6) is 0.138. The van der Waals surface area contributed by atoms with Gasteiger partial charge in [-0.05, 0) is 60.0 Å². The summed E-state index contributed by atoms with van der Waals surface area (Å²) >= 11 is 0. The minimum atomic E-state index is -0.990. The van der Waals surface area contributed by atoms with E-state index >= 15 is 0 Å². The first-order chi connectivity index (χ1) is 25.1. The molecule has 3 aliphatic rings. The van der Waals surface area contributed by atoms with Gasteiger partial charge in [0, 0.05) is 36.4 Å². The van der Waals surface area contributed by atoms with Gasteiger partial charge in [0.1, 0.15) is 23.6 Å². The molecule has 2 N–H and O–H groups in total. The van der Waals surface area contributed by atoms with E-state index in [0.717, 1.165) is 34.6 Å². The lowest BCUT2D eigenvalue weighted by Crippen LogP contribution is -2.54. The first-order valence-electron chi connectivity index (χ1n) is 17.0. The number of hydrogen-bond donors (Lipinski definition) is 2. The zero-order valence-electron chi connectivity index (χ0n) is 28.4. The smallest absolute Gasteiger partial charge is 0.262 e. The minimum absolute atomic E-state index is 0.0331. The fourth-order valence-electron chi connectivity index (χ4n) is 6.76. The van der Waals surface area contributed by atoms with Gasteiger partial charge in [0.2, 0.25) is 17.7 Å². The molecule has 14 nitrogen and oxygen atoms in total. The van der Waals surface area contributed by atoms with Gasteiger partial charge >= 0.3 is 0 Å². The first-order valence-corrected chi connectivity index (χ1v) is 17.0. The number of aromatic nitrogens is 5. The summed E-state index contributed by atoms with van der Waals surface area (Å²) in [5.41, 5.74) is 3.18. The molecule has 2 aromatic heterocycles. The second-order valence-corrected chi connectivity index (χ2v) is 13.6. The number of imide groups is 2. The molecule has 5 aromatic rings. The average molecular weight is 699 g/mol. The van der Waals surface area contributed by atoms with E-state index in [1.807, 2.05) is 36.4 Å². The molecule has 0 bridgehead atoms. The van der Waals surface area contributed by atoms with Crippen LogP contribution in [0.25, 0.3) is 5.82 Å². The molecule has 14 heteroatoms. The third kappa shape index (κ3) is 6.23. The second-order valence-electron chi connectivity index (χ2n) is 13.6. The molecule has 0 radical (unpaired) electrons. The van der Waals surface area contributed by atoms with Crippen LogP contribution in [0, 0.1) is 0 Å². The van der Waals surface area contributed by atoms with Crippen LogP contribution in [0.15, 0.2) is 91.5 Å². The number of rotatable bonds is 10. The summed E-state index contributed by atoms with van der Waals surface area (Å²) in [4.78, 5) is 61.0. The van der Waals surface area contributed by atoms with Crippen molar-refractivity contribution in [1.29, 1.82) is 0 Å². The highest BCUT2D eigenvalue weighted by atomic mass is 16.5. The second kappa shape index (κ2) is 13.0. The summed E-state index contributed by atoms with van der Waals surface area (Å²) in [6, 6.07) is 20.2. The number of nitrogens with zero attached hydrogens (tertiary/aromatic N) is 6. The number of nitrogens with one attached hydrogen (secondary N) is 2. The van der Waals surface area contributed by atoms with E-state index in [4.69, 9.17) is 9.47 Å². The zero-order valence-corrected chi connectivity index (χ0v) is 28.4. The summed E-state index contributed by atoms with van der Waals surface area (Å²) in [7, 11) is 0. The Morgan fingerprint density at radius 2 is 1.50 bits per heavy atom. The Balaban J connectivity index is 0.840. The van der Waals surface area contributed by atoms with Crippen molar-refractivity contribution in [3.63, 3.8) is 0 Å². The fraction of sp³-hybridized carbons (Fsp3) is 0.263. The lowest BCUT2D eigenvalue weighted by atomic mass is 9.78. The fourth-order valence-corrected chi connectivity index (χ4v) is 6.76. The van der Waals surface area contributed by atoms with Crippen molar-refractivity contribution in [3.05, 3.63) is 114 Å². The number of anilines is 1. The lowest BCUT2D eigenvalue weighted by molar-refractivity contribution is -0.136. The van der Waals surface area contributed by atoms with Gasteiger partial charge in [-0.1, -0.05) is 38.1 Å². The molecule has 2 fully saturated rings. The van der Waals surface area contributed by atoms with Gasteiger partial charge in [0.05, 0.1) is 35.9 Å². The van der Waals surface area contributed by atoms with E-state index in [2.05, 4.69) is 56.8 Å². The normalized spacial score (nSPS) is 19.9. The van der Waals surface area contributed by atoms with Crippen molar-refractivity contribution in [3.8, 4) is 23.2 Å². The van der Waals surface area contributed by atoms with Crippen LogP contribution in [0.4, 0.5) is 5.69 Å². The molecule has 3 aromatic carbocycles. The van der Waals surface area contributed by atoms with E-state index in [0.29, 0.717) is 23.1 Å². The van der Waals surface area contributed by atoms with Crippen LogP contribution < -0.4 is 20.1 Å². The van der Waals surface area contributed by atoms with Gasteiger partial charge in [0.25, 0.3) is 11.8 Å². The van der Waals surface area contributed by atoms with Gasteiger partial charge < -0.3 is 14.8 Å². The third-order valence-corrected chi connectivity index (χ3v) is 9.81. The van der Waals surface area contributed by atoms with Gasteiger partial charge in [-0.2, -0.15) is 15.2 Å². The number of piperidine rings is 1. The molecule has 4 heterocycles. The van der Waals surface area contributed by atoms with Crippen LogP contribution in [0.5, 0.6) is 17.4 Å². The van der Waals surface area contributed by atoms with E-state index in [1.165, 1.54) is 11.0 Å². The quantitative estimate of drug-likeness (QED) is 0.196. The highest BCUT2D eigenvalue weighted by Crippen LogP contribution is 2.36. The Labute approximate surface area is 298 Å². The summed E-state index contributed by atoms with van der Waals surface area (Å²) in [6.45, 7) is 4.34. The molecule has 262 valence electrons.